The third-order valence-corrected chi connectivity index (χ3v) is 6.29. The summed E-state index contributed by atoms with van der Waals surface area (Å²) in [5.41, 5.74) is 4.90. The van der Waals surface area contributed by atoms with Crippen molar-refractivity contribution in [1.29, 1.82) is 0 Å². The van der Waals surface area contributed by atoms with Gasteiger partial charge in [-0.3, -0.25) is 0 Å². The second kappa shape index (κ2) is 8.99. The van der Waals surface area contributed by atoms with Crippen molar-refractivity contribution in [3.63, 3.8) is 0 Å². The molecule has 5 rings (SSSR count). The maximum atomic E-state index is 5.72. The van der Waals surface area contributed by atoms with E-state index >= 15 is 0 Å². The van der Waals surface area contributed by atoms with Crippen LogP contribution in [0.15, 0.2) is 60.9 Å². The minimum Gasteiger partial charge on any atom is -0.493 e. The Labute approximate surface area is 195 Å². The van der Waals surface area contributed by atoms with E-state index in [9.17, 15) is 0 Å². The normalized spacial score (nSPS) is 11.1. The van der Waals surface area contributed by atoms with Gasteiger partial charge in [-0.2, -0.15) is 0 Å². The number of ether oxygens (including phenoxy) is 3. The molecule has 0 spiro atoms. The summed E-state index contributed by atoms with van der Waals surface area (Å²) in [7, 11) is 3.27. The highest BCUT2D eigenvalue weighted by molar-refractivity contribution is 7.22. The summed E-state index contributed by atoms with van der Waals surface area (Å²) < 4.78 is 19.8. The zero-order valence-corrected chi connectivity index (χ0v) is 19.5. The average molecular weight is 461 g/mol. The number of fused-ring (bicyclic) bond motifs is 2. The van der Waals surface area contributed by atoms with Crippen LogP contribution in [0.4, 0.5) is 10.8 Å². The lowest BCUT2D eigenvalue weighted by molar-refractivity contribution is 0.342. The molecule has 0 fully saturated rings. The van der Waals surface area contributed by atoms with Crippen molar-refractivity contribution in [1.82, 2.24) is 14.5 Å². The molecule has 168 valence electrons. The summed E-state index contributed by atoms with van der Waals surface area (Å²) in [4.78, 5) is 9.27. The Morgan fingerprint density at radius 3 is 2.58 bits per heavy atom. The van der Waals surface area contributed by atoms with Gasteiger partial charge in [0.2, 0.25) is 0 Å². The zero-order valence-electron chi connectivity index (χ0n) is 18.7. The number of para-hydroxylation sites is 2. The van der Waals surface area contributed by atoms with Crippen molar-refractivity contribution in [2.24, 2.45) is 0 Å². The van der Waals surface area contributed by atoms with Crippen molar-refractivity contribution in [2.75, 3.05) is 26.1 Å². The predicted octanol–water partition coefficient (Wildman–Crippen LogP) is 5.85. The van der Waals surface area contributed by atoms with Gasteiger partial charge in [0.1, 0.15) is 5.75 Å². The molecule has 1 N–H and O–H groups in total. The lowest BCUT2D eigenvalue weighted by atomic mass is 10.2. The van der Waals surface area contributed by atoms with E-state index in [2.05, 4.69) is 33.1 Å². The van der Waals surface area contributed by atoms with Crippen LogP contribution in [-0.4, -0.2) is 35.4 Å². The van der Waals surface area contributed by atoms with E-state index in [1.54, 1.807) is 25.6 Å². The van der Waals surface area contributed by atoms with Gasteiger partial charge in [-0.25, -0.2) is 9.97 Å². The first-order valence-electron chi connectivity index (χ1n) is 10.6. The van der Waals surface area contributed by atoms with Crippen LogP contribution >= 0.6 is 11.3 Å². The minimum absolute atomic E-state index is 0.615. The summed E-state index contributed by atoms with van der Waals surface area (Å²) in [6, 6.07) is 18.1. The van der Waals surface area contributed by atoms with Gasteiger partial charge in [0.25, 0.3) is 0 Å². The molecule has 2 aromatic heterocycles. The van der Waals surface area contributed by atoms with Crippen LogP contribution < -0.4 is 19.5 Å². The lowest BCUT2D eigenvalue weighted by Crippen LogP contribution is -1.98. The highest BCUT2D eigenvalue weighted by Gasteiger charge is 2.12. The molecule has 2 heterocycles. The average Bonchev–Trinajstić information content (AvgIpc) is 3.42. The van der Waals surface area contributed by atoms with Crippen molar-refractivity contribution < 1.29 is 14.2 Å². The van der Waals surface area contributed by atoms with E-state index in [1.165, 1.54) is 5.56 Å². The van der Waals surface area contributed by atoms with Crippen molar-refractivity contribution in [3.05, 3.63) is 66.5 Å². The number of thiazole rings is 1. The molecule has 0 bridgehead atoms. The molecule has 8 heteroatoms. The molecular formula is C25H24N4O3S. The molecule has 0 aliphatic carbocycles. The molecule has 0 saturated carbocycles. The third-order valence-electron chi connectivity index (χ3n) is 5.36. The number of benzene rings is 3. The van der Waals surface area contributed by atoms with E-state index < -0.39 is 0 Å². The monoisotopic (exact) mass is 460 g/mol. The second-order valence-electron chi connectivity index (χ2n) is 7.44. The number of imidazole rings is 1. The van der Waals surface area contributed by atoms with Gasteiger partial charge in [0.15, 0.2) is 16.6 Å². The van der Waals surface area contributed by atoms with E-state index in [-0.39, 0.29) is 0 Å². The van der Waals surface area contributed by atoms with Gasteiger partial charge < -0.3 is 24.1 Å². The number of nitrogens with one attached hydrogen (secondary N) is 1. The van der Waals surface area contributed by atoms with Crippen LogP contribution in [0.3, 0.4) is 0 Å². The summed E-state index contributed by atoms with van der Waals surface area (Å²) in [5, 5.41) is 4.23. The number of hydrogen-bond acceptors (Lipinski definition) is 7. The van der Waals surface area contributed by atoms with Crippen LogP contribution in [-0.2, 0) is 6.54 Å². The number of nitrogens with zero attached hydrogens (tertiary/aromatic N) is 3. The predicted molar refractivity (Wildman–Crippen MR) is 132 cm³/mol. The maximum Gasteiger partial charge on any atom is 0.188 e. The van der Waals surface area contributed by atoms with Gasteiger partial charge in [-0.1, -0.05) is 29.5 Å². The molecule has 0 unspecified atom stereocenters. The highest BCUT2D eigenvalue weighted by Crippen LogP contribution is 2.34. The Morgan fingerprint density at radius 1 is 0.939 bits per heavy atom. The fourth-order valence-electron chi connectivity index (χ4n) is 3.80. The molecule has 5 aromatic rings. The third kappa shape index (κ3) is 4.17. The molecule has 3 aromatic carbocycles. The number of anilines is 2. The topological polar surface area (TPSA) is 70.4 Å². The molecular weight excluding hydrogens is 436 g/mol. The van der Waals surface area contributed by atoms with Crippen molar-refractivity contribution in [3.8, 4) is 17.2 Å². The van der Waals surface area contributed by atoms with Crippen molar-refractivity contribution >= 4 is 43.4 Å². The van der Waals surface area contributed by atoms with Gasteiger partial charge in [-0.15, -0.1) is 0 Å². The summed E-state index contributed by atoms with van der Waals surface area (Å²) in [5.74, 6) is 2.18. The van der Waals surface area contributed by atoms with Crippen LogP contribution in [0.25, 0.3) is 21.3 Å². The van der Waals surface area contributed by atoms with Crippen LogP contribution in [0.5, 0.6) is 17.2 Å². The quantitative estimate of drug-likeness (QED) is 0.313. The van der Waals surface area contributed by atoms with Gasteiger partial charge in [-0.05, 0) is 36.8 Å². The number of rotatable bonds is 8. The molecule has 33 heavy (non-hydrogen) atoms. The summed E-state index contributed by atoms with van der Waals surface area (Å²) in [6.07, 6.45) is 1.85. The molecule has 0 amide bonds. The molecule has 0 saturated heterocycles. The Kier molecular flexibility index (Phi) is 5.75. The first kappa shape index (κ1) is 21.1. The number of hydrogen-bond donors (Lipinski definition) is 1. The van der Waals surface area contributed by atoms with Crippen LogP contribution in [0, 0.1) is 0 Å². The van der Waals surface area contributed by atoms with Gasteiger partial charge in [0.05, 0.1) is 54.1 Å². The zero-order chi connectivity index (χ0) is 22.8. The summed E-state index contributed by atoms with van der Waals surface area (Å²) >= 11 is 1.62. The number of methoxy groups -OCH3 is 2. The van der Waals surface area contributed by atoms with Crippen LogP contribution in [0.1, 0.15) is 12.5 Å². The largest absolute Gasteiger partial charge is 0.493 e. The van der Waals surface area contributed by atoms with Gasteiger partial charge in [0, 0.05) is 18.7 Å². The van der Waals surface area contributed by atoms with Crippen LogP contribution in [0.2, 0.25) is 0 Å². The second-order valence-corrected chi connectivity index (χ2v) is 8.47. The fraction of sp³-hybridized carbons (Fsp3) is 0.200. The molecule has 0 aliphatic heterocycles. The molecule has 0 aliphatic rings. The lowest BCUT2D eigenvalue weighted by Gasteiger charge is -2.09. The highest BCUT2D eigenvalue weighted by atomic mass is 32.1. The maximum absolute atomic E-state index is 5.72. The Bertz CT molecular complexity index is 1430. The van der Waals surface area contributed by atoms with E-state index in [0.29, 0.717) is 24.7 Å². The first-order valence-corrected chi connectivity index (χ1v) is 11.5. The number of aromatic nitrogens is 3. The minimum atomic E-state index is 0.615. The molecule has 0 radical (unpaired) electrons. The van der Waals surface area contributed by atoms with E-state index in [4.69, 9.17) is 19.2 Å². The Balaban J connectivity index is 1.42. The molecule has 7 nitrogen and oxygen atoms in total. The Hall–Kier alpha value is -3.78. The van der Waals surface area contributed by atoms with E-state index in [1.807, 2.05) is 49.6 Å². The smallest absolute Gasteiger partial charge is 0.188 e. The van der Waals surface area contributed by atoms with Crippen molar-refractivity contribution in [2.45, 2.75) is 13.5 Å². The SMILES string of the molecule is CCOc1ccccc1Nc1nc2ccc(Cn3cnc4cc(OC)c(OC)cc43)cc2s1. The molecule has 0 atom stereocenters. The van der Waals surface area contributed by atoms with E-state index in [0.717, 1.165) is 37.8 Å². The van der Waals surface area contributed by atoms with Gasteiger partial charge >= 0.3 is 0 Å². The standard InChI is InChI=1S/C25H24N4O3S/c1-4-32-21-8-6-5-7-17(21)27-25-28-18-10-9-16(11-24(18)33-25)14-29-15-26-19-12-22(30-2)23(31-3)13-20(19)29/h5-13,15H,4,14H2,1-3H3,(H,27,28). The Morgan fingerprint density at radius 2 is 1.76 bits per heavy atom. The first-order chi connectivity index (χ1) is 16.2. The fourth-order valence-corrected chi connectivity index (χ4v) is 4.74. The summed E-state index contributed by atoms with van der Waals surface area (Å²) in [6.45, 7) is 3.28.